The molecule has 5 rings (SSSR count). The number of ketones is 1. The van der Waals surface area contributed by atoms with Crippen molar-refractivity contribution in [3.63, 3.8) is 0 Å². The maximum absolute atomic E-state index is 14.2. The summed E-state index contributed by atoms with van der Waals surface area (Å²) in [6.07, 6.45) is 3.29. The van der Waals surface area contributed by atoms with Gasteiger partial charge >= 0.3 is 0 Å². The monoisotopic (exact) mass is 636 g/mol. The molecule has 2 heterocycles. The van der Waals surface area contributed by atoms with Gasteiger partial charge in [-0.05, 0) is 47.6 Å². The number of amides is 3. The van der Waals surface area contributed by atoms with Crippen LogP contribution in [0.25, 0.3) is 11.1 Å². The van der Waals surface area contributed by atoms with Crippen LogP contribution >= 0.6 is 11.6 Å². The highest BCUT2D eigenvalue weighted by atomic mass is 35.5. The number of benzene rings is 2. The van der Waals surface area contributed by atoms with Crippen LogP contribution in [0.3, 0.4) is 0 Å². The molecule has 1 aromatic heterocycles. The second-order valence-corrected chi connectivity index (χ2v) is 13.6. The second kappa shape index (κ2) is 13.6. The van der Waals surface area contributed by atoms with Gasteiger partial charge in [0.2, 0.25) is 17.6 Å². The second-order valence-electron chi connectivity index (χ2n) is 13.1. The summed E-state index contributed by atoms with van der Waals surface area (Å²) in [7, 11) is 0. The van der Waals surface area contributed by atoms with Crippen LogP contribution in [0.2, 0.25) is 5.02 Å². The Morgan fingerprint density at radius 1 is 1.07 bits per heavy atom. The molecule has 1 unspecified atom stereocenters. The van der Waals surface area contributed by atoms with Gasteiger partial charge in [-0.25, -0.2) is 0 Å². The third kappa shape index (κ3) is 7.83. The van der Waals surface area contributed by atoms with Crippen molar-refractivity contribution in [3.05, 3.63) is 59.1 Å². The summed E-state index contributed by atoms with van der Waals surface area (Å²) >= 11 is 6.10. The lowest BCUT2D eigenvalue weighted by molar-refractivity contribution is -0.142. The summed E-state index contributed by atoms with van der Waals surface area (Å²) in [5.41, 5.74) is 7.06. The molecule has 1 aliphatic heterocycles. The molecule has 0 bridgehead atoms. The molecule has 4 N–H and O–H groups in total. The number of nitrogens with zero attached hydrogens (tertiary/aromatic N) is 3. The maximum atomic E-state index is 14.2. The number of hydrogen-bond acceptors (Lipinski definition) is 8. The first kappa shape index (κ1) is 32.4. The summed E-state index contributed by atoms with van der Waals surface area (Å²) in [6.45, 7) is 7.15. The van der Waals surface area contributed by atoms with Crippen molar-refractivity contribution in [1.29, 1.82) is 0 Å². The number of nitrogens with two attached hydrogens (primary N) is 1. The average molecular weight is 637 g/mol. The van der Waals surface area contributed by atoms with Crippen LogP contribution in [0.5, 0.6) is 0 Å². The number of carbonyl (C=O) groups excluding carboxylic acids is 4. The van der Waals surface area contributed by atoms with E-state index in [-0.39, 0.29) is 24.4 Å². The van der Waals surface area contributed by atoms with Crippen molar-refractivity contribution in [2.45, 2.75) is 71.1 Å². The number of Topliss-reactive ketones (excluding diaryl/α,β-unsaturated/α-hetero) is 1. The van der Waals surface area contributed by atoms with Gasteiger partial charge in [-0.15, -0.1) is 0 Å². The number of aromatic nitrogens is 1. The number of carbonyl (C=O) groups is 4. The zero-order chi connectivity index (χ0) is 32.3. The molecule has 3 aromatic rings. The Bertz CT molecular complexity index is 1510. The fourth-order valence-electron chi connectivity index (χ4n) is 5.90. The number of halogens is 1. The molecule has 12 heteroatoms. The summed E-state index contributed by atoms with van der Waals surface area (Å²) in [5.74, 6) is -2.26. The molecule has 11 nitrogen and oxygen atoms in total. The van der Waals surface area contributed by atoms with Gasteiger partial charge in [0.25, 0.3) is 11.9 Å². The van der Waals surface area contributed by atoms with Crippen LogP contribution in [-0.2, 0) is 25.7 Å². The number of piperazine rings is 1. The van der Waals surface area contributed by atoms with Crippen LogP contribution in [0, 0.1) is 11.3 Å². The number of anilines is 1. The first-order valence-corrected chi connectivity index (χ1v) is 15.8. The van der Waals surface area contributed by atoms with Gasteiger partial charge in [0, 0.05) is 31.2 Å². The SMILES string of the molecule is CC(C)(C)[C@H](Nc1nc2ccccc2o1)C(=O)N1CCN(Cc2ccc(Cl)cc2)[C@@H](C(=O)NC(CC2CCC2)C(=O)C(N)=O)C1. The van der Waals surface area contributed by atoms with E-state index in [0.29, 0.717) is 42.2 Å². The van der Waals surface area contributed by atoms with E-state index >= 15 is 0 Å². The molecule has 45 heavy (non-hydrogen) atoms. The quantitative estimate of drug-likeness (QED) is 0.269. The molecule has 2 fully saturated rings. The zero-order valence-electron chi connectivity index (χ0n) is 25.9. The normalized spacial score (nSPS) is 19.0. The van der Waals surface area contributed by atoms with E-state index in [1.54, 1.807) is 17.0 Å². The molecule has 3 amide bonds. The number of primary amides is 1. The van der Waals surface area contributed by atoms with Crippen molar-refractivity contribution >= 4 is 52.2 Å². The van der Waals surface area contributed by atoms with Gasteiger partial charge in [0.05, 0.1) is 6.04 Å². The Balaban J connectivity index is 1.38. The number of rotatable bonds is 11. The lowest BCUT2D eigenvalue weighted by atomic mass is 9.80. The Morgan fingerprint density at radius 3 is 2.40 bits per heavy atom. The number of oxazole rings is 1. The Morgan fingerprint density at radius 2 is 1.78 bits per heavy atom. The number of hydrogen-bond donors (Lipinski definition) is 3. The number of para-hydroxylation sites is 2. The third-order valence-electron chi connectivity index (χ3n) is 8.75. The Kier molecular flexibility index (Phi) is 9.79. The minimum atomic E-state index is -1.07. The first-order chi connectivity index (χ1) is 21.4. The maximum Gasteiger partial charge on any atom is 0.296 e. The summed E-state index contributed by atoms with van der Waals surface area (Å²) in [4.78, 5) is 60.9. The number of fused-ring (bicyclic) bond motifs is 1. The van der Waals surface area contributed by atoms with Gasteiger partial charge in [0.1, 0.15) is 17.6 Å². The van der Waals surface area contributed by atoms with E-state index in [0.717, 1.165) is 24.8 Å². The predicted molar refractivity (Wildman–Crippen MR) is 171 cm³/mol. The van der Waals surface area contributed by atoms with Gasteiger partial charge < -0.3 is 25.7 Å². The predicted octanol–water partition coefficient (Wildman–Crippen LogP) is 3.75. The highest BCUT2D eigenvalue weighted by molar-refractivity contribution is 6.37. The molecule has 2 aliphatic rings. The zero-order valence-corrected chi connectivity index (χ0v) is 26.7. The third-order valence-corrected chi connectivity index (χ3v) is 9.00. The molecule has 2 aromatic carbocycles. The molecule has 1 saturated heterocycles. The van der Waals surface area contributed by atoms with Crippen molar-refractivity contribution < 1.29 is 23.6 Å². The summed E-state index contributed by atoms with van der Waals surface area (Å²) < 4.78 is 5.87. The largest absolute Gasteiger partial charge is 0.424 e. The first-order valence-electron chi connectivity index (χ1n) is 15.4. The molecule has 0 radical (unpaired) electrons. The Hall–Kier alpha value is -3.96. The van der Waals surface area contributed by atoms with Crippen LogP contribution in [0.4, 0.5) is 6.01 Å². The van der Waals surface area contributed by atoms with Crippen LogP contribution in [0.1, 0.15) is 52.0 Å². The van der Waals surface area contributed by atoms with Gasteiger partial charge in [-0.1, -0.05) is 75.9 Å². The van der Waals surface area contributed by atoms with Crippen molar-refractivity contribution in [3.8, 4) is 0 Å². The van der Waals surface area contributed by atoms with E-state index in [9.17, 15) is 19.2 Å². The molecular weight excluding hydrogens is 596 g/mol. The highest BCUT2D eigenvalue weighted by Gasteiger charge is 2.41. The van der Waals surface area contributed by atoms with Crippen molar-refractivity contribution in [1.82, 2.24) is 20.1 Å². The molecule has 1 aliphatic carbocycles. The molecule has 0 spiro atoms. The van der Waals surface area contributed by atoms with Gasteiger partial charge in [-0.3, -0.25) is 24.1 Å². The lowest BCUT2D eigenvalue weighted by Gasteiger charge is -2.43. The van der Waals surface area contributed by atoms with Crippen LogP contribution in [0.15, 0.2) is 52.9 Å². The standard InChI is InChI=1S/C33H41ClN6O5/c1-33(2,3)28(38-32-37-23-9-4-5-10-26(23)45-32)31(44)40-16-15-39(18-21-11-13-22(34)14-12-21)25(19-40)30(43)36-24(27(41)29(35)42)17-20-7-6-8-20/h4-5,9-14,20,24-25,28H,6-8,15-19H2,1-3H3,(H2,35,42)(H,36,43)(H,37,38)/t24?,25-,28-/m1/s1. The summed E-state index contributed by atoms with van der Waals surface area (Å²) in [5, 5.41) is 6.65. The van der Waals surface area contributed by atoms with E-state index in [1.165, 1.54) is 0 Å². The van der Waals surface area contributed by atoms with Crippen molar-refractivity contribution in [2.75, 3.05) is 25.0 Å². The summed E-state index contributed by atoms with van der Waals surface area (Å²) in [6, 6.07) is 12.5. The molecule has 240 valence electrons. The smallest absolute Gasteiger partial charge is 0.296 e. The molecular formula is C33H41ClN6O5. The van der Waals surface area contributed by atoms with Crippen molar-refractivity contribution in [2.24, 2.45) is 17.1 Å². The van der Waals surface area contributed by atoms with Crippen LogP contribution in [-0.4, -0.2) is 76.0 Å². The lowest BCUT2D eigenvalue weighted by Crippen LogP contribution is -2.63. The number of nitrogens with one attached hydrogen (secondary N) is 2. The minimum absolute atomic E-state index is 0.0843. The Labute approximate surface area is 267 Å². The minimum Gasteiger partial charge on any atom is -0.424 e. The average Bonchev–Trinajstić information content (AvgIpc) is 3.40. The highest BCUT2D eigenvalue weighted by Crippen LogP contribution is 2.31. The molecule has 1 saturated carbocycles. The van der Waals surface area contributed by atoms with Gasteiger partial charge in [0.15, 0.2) is 5.58 Å². The fourth-order valence-corrected chi connectivity index (χ4v) is 6.03. The molecule has 3 atom stereocenters. The van der Waals surface area contributed by atoms with E-state index in [1.807, 2.05) is 62.1 Å². The topological polar surface area (TPSA) is 151 Å². The fraction of sp³-hybridized carbons (Fsp3) is 0.485. The van der Waals surface area contributed by atoms with E-state index in [2.05, 4.69) is 15.6 Å². The van der Waals surface area contributed by atoms with Crippen LogP contribution < -0.4 is 16.4 Å². The van der Waals surface area contributed by atoms with E-state index < -0.39 is 41.1 Å². The van der Waals surface area contributed by atoms with E-state index in [4.69, 9.17) is 21.8 Å². The van der Waals surface area contributed by atoms with Gasteiger partial charge in [-0.2, -0.15) is 4.98 Å².